The van der Waals surface area contributed by atoms with Gasteiger partial charge in [0.2, 0.25) is 0 Å². The maximum atomic E-state index is 3.84. The molecule has 1 aromatic rings. The first-order valence-corrected chi connectivity index (χ1v) is 8.13. The summed E-state index contributed by atoms with van der Waals surface area (Å²) in [7, 11) is 0. The summed E-state index contributed by atoms with van der Waals surface area (Å²) in [6.07, 6.45) is 2.68. The van der Waals surface area contributed by atoms with Gasteiger partial charge in [0, 0.05) is 22.7 Å². The lowest BCUT2D eigenvalue weighted by Crippen LogP contribution is -2.35. The number of nitrogens with one attached hydrogen (secondary N) is 1. The Morgan fingerprint density at radius 3 is 2.81 bits per heavy atom. The molecule has 0 radical (unpaired) electrons. The average Bonchev–Trinajstić information content (AvgIpc) is 2.74. The molecule has 1 saturated heterocycles. The molecule has 1 N–H and O–H groups in total. The van der Waals surface area contributed by atoms with E-state index in [2.05, 4.69) is 41.3 Å². The van der Waals surface area contributed by atoms with Crippen LogP contribution in [0.3, 0.4) is 0 Å². The van der Waals surface area contributed by atoms with Crippen molar-refractivity contribution in [2.75, 3.05) is 17.3 Å². The van der Waals surface area contributed by atoms with Crippen LogP contribution in [0.5, 0.6) is 0 Å². The minimum atomic E-state index is 0.592. The van der Waals surface area contributed by atoms with E-state index >= 15 is 0 Å². The summed E-state index contributed by atoms with van der Waals surface area (Å²) in [6, 6.07) is 10.2. The van der Waals surface area contributed by atoms with Gasteiger partial charge in [-0.15, -0.1) is 11.8 Å². The molecule has 2 aliphatic rings. The zero-order valence-corrected chi connectivity index (χ0v) is 10.9. The quantitative estimate of drug-likeness (QED) is 0.866. The fraction of sp³-hybridized carbons (Fsp3) is 0.538. The van der Waals surface area contributed by atoms with Crippen LogP contribution in [0, 0.1) is 0 Å². The molecule has 0 aliphatic carbocycles. The van der Waals surface area contributed by atoms with E-state index in [1.54, 1.807) is 0 Å². The summed E-state index contributed by atoms with van der Waals surface area (Å²) in [5.41, 5.74) is 1.52. The van der Waals surface area contributed by atoms with E-state index in [-0.39, 0.29) is 0 Å². The lowest BCUT2D eigenvalue weighted by Gasteiger charge is -2.26. The first-order chi connectivity index (χ1) is 7.93. The van der Waals surface area contributed by atoms with Crippen LogP contribution in [0.4, 0.5) is 0 Å². The van der Waals surface area contributed by atoms with E-state index in [4.69, 9.17) is 0 Å². The number of thioether (sulfide) groups is 2. The van der Waals surface area contributed by atoms with Gasteiger partial charge in [0.15, 0.2) is 0 Å². The van der Waals surface area contributed by atoms with E-state index < -0.39 is 0 Å². The van der Waals surface area contributed by atoms with Crippen molar-refractivity contribution in [2.24, 2.45) is 0 Å². The van der Waals surface area contributed by atoms with Gasteiger partial charge >= 0.3 is 0 Å². The van der Waals surface area contributed by atoms with Crippen LogP contribution in [0.25, 0.3) is 0 Å². The maximum absolute atomic E-state index is 3.84. The standard InChI is InChI=1S/C13H17NS2/c1-2-4-13-11(3-1)12(9-16-13)14-10-5-7-15-8-6-10/h1-4,10,12,14H,5-9H2. The normalized spacial score (nSPS) is 25.6. The molecule has 1 aromatic carbocycles. The van der Waals surface area contributed by atoms with Crippen molar-refractivity contribution >= 4 is 23.5 Å². The molecule has 2 aliphatic heterocycles. The molecule has 0 bridgehead atoms. The highest BCUT2D eigenvalue weighted by molar-refractivity contribution is 7.99. The third-order valence-electron chi connectivity index (χ3n) is 3.36. The van der Waals surface area contributed by atoms with Gasteiger partial charge in [0.1, 0.15) is 0 Å². The number of hydrogen-bond acceptors (Lipinski definition) is 3. The van der Waals surface area contributed by atoms with Crippen LogP contribution in [0.1, 0.15) is 24.4 Å². The maximum Gasteiger partial charge on any atom is 0.0428 e. The molecule has 1 fully saturated rings. The van der Waals surface area contributed by atoms with Crippen molar-refractivity contribution in [1.29, 1.82) is 0 Å². The topological polar surface area (TPSA) is 12.0 Å². The molecule has 86 valence electrons. The van der Waals surface area contributed by atoms with Crippen LogP contribution < -0.4 is 5.32 Å². The van der Waals surface area contributed by atoms with E-state index in [1.165, 1.54) is 40.6 Å². The fourth-order valence-corrected chi connectivity index (χ4v) is 4.73. The summed E-state index contributed by atoms with van der Waals surface area (Å²) in [6.45, 7) is 0. The molecule has 0 spiro atoms. The van der Waals surface area contributed by atoms with E-state index in [9.17, 15) is 0 Å². The van der Waals surface area contributed by atoms with Gasteiger partial charge in [-0.1, -0.05) is 18.2 Å². The molecular weight excluding hydrogens is 234 g/mol. The highest BCUT2D eigenvalue weighted by Crippen LogP contribution is 2.38. The minimum Gasteiger partial charge on any atom is -0.306 e. The van der Waals surface area contributed by atoms with Crippen LogP contribution >= 0.6 is 23.5 Å². The van der Waals surface area contributed by atoms with Crippen LogP contribution in [0.15, 0.2) is 29.2 Å². The summed E-state index contributed by atoms with van der Waals surface area (Å²) < 4.78 is 0. The van der Waals surface area contributed by atoms with E-state index in [0.717, 1.165) is 6.04 Å². The van der Waals surface area contributed by atoms with Gasteiger partial charge in [-0.2, -0.15) is 11.8 Å². The second kappa shape index (κ2) is 5.03. The molecule has 1 nitrogen and oxygen atoms in total. The monoisotopic (exact) mass is 251 g/mol. The Morgan fingerprint density at radius 2 is 1.94 bits per heavy atom. The Balaban J connectivity index is 1.68. The Hall–Kier alpha value is -0.120. The molecule has 1 atom stereocenters. The summed E-state index contributed by atoms with van der Waals surface area (Å²) in [5.74, 6) is 3.88. The average molecular weight is 251 g/mol. The third-order valence-corrected chi connectivity index (χ3v) is 5.59. The second-order valence-corrected chi connectivity index (χ2v) is 6.74. The van der Waals surface area contributed by atoms with Crippen molar-refractivity contribution < 1.29 is 0 Å². The van der Waals surface area contributed by atoms with Crippen molar-refractivity contribution in [3.05, 3.63) is 29.8 Å². The Labute approximate surface area is 106 Å². The Kier molecular flexibility index (Phi) is 3.46. The molecule has 16 heavy (non-hydrogen) atoms. The predicted molar refractivity (Wildman–Crippen MR) is 73.4 cm³/mol. The molecule has 1 unspecified atom stereocenters. The molecular formula is C13H17NS2. The molecule has 0 aromatic heterocycles. The zero-order valence-electron chi connectivity index (χ0n) is 9.32. The van der Waals surface area contributed by atoms with Crippen LogP contribution in [-0.2, 0) is 0 Å². The van der Waals surface area contributed by atoms with Gasteiger partial charge in [-0.05, 0) is 36.0 Å². The van der Waals surface area contributed by atoms with Crippen molar-refractivity contribution in [1.82, 2.24) is 5.32 Å². The van der Waals surface area contributed by atoms with Crippen molar-refractivity contribution in [3.8, 4) is 0 Å². The Morgan fingerprint density at radius 1 is 1.12 bits per heavy atom. The van der Waals surface area contributed by atoms with Gasteiger partial charge in [-0.25, -0.2) is 0 Å². The number of fused-ring (bicyclic) bond motifs is 1. The molecule has 0 saturated carbocycles. The largest absolute Gasteiger partial charge is 0.306 e. The molecule has 0 amide bonds. The predicted octanol–water partition coefficient (Wildman–Crippen LogP) is 3.32. The molecule has 3 heteroatoms. The summed E-state index contributed by atoms with van der Waals surface area (Å²) >= 11 is 4.09. The van der Waals surface area contributed by atoms with Crippen molar-refractivity contribution in [3.63, 3.8) is 0 Å². The first-order valence-electron chi connectivity index (χ1n) is 5.99. The van der Waals surface area contributed by atoms with Gasteiger partial charge < -0.3 is 5.32 Å². The first kappa shape index (κ1) is 11.0. The van der Waals surface area contributed by atoms with Crippen LogP contribution in [0.2, 0.25) is 0 Å². The number of rotatable bonds is 2. The molecule has 3 rings (SSSR count). The van der Waals surface area contributed by atoms with Gasteiger partial charge in [0.25, 0.3) is 0 Å². The SMILES string of the molecule is c1ccc2c(c1)SCC2NC1CCSCC1. The Bertz CT molecular complexity index is 361. The smallest absolute Gasteiger partial charge is 0.0428 e. The zero-order chi connectivity index (χ0) is 10.8. The summed E-state index contributed by atoms with van der Waals surface area (Å²) in [5, 5.41) is 3.84. The third kappa shape index (κ3) is 2.27. The lowest BCUT2D eigenvalue weighted by atomic mass is 10.1. The van der Waals surface area contributed by atoms with E-state index in [1.807, 2.05) is 11.8 Å². The summed E-state index contributed by atoms with van der Waals surface area (Å²) in [4.78, 5) is 1.48. The van der Waals surface area contributed by atoms with Gasteiger partial charge in [0.05, 0.1) is 0 Å². The van der Waals surface area contributed by atoms with Crippen molar-refractivity contribution in [2.45, 2.75) is 29.8 Å². The van der Waals surface area contributed by atoms with E-state index in [0.29, 0.717) is 6.04 Å². The van der Waals surface area contributed by atoms with Crippen LogP contribution in [-0.4, -0.2) is 23.3 Å². The highest BCUT2D eigenvalue weighted by atomic mass is 32.2. The van der Waals surface area contributed by atoms with Gasteiger partial charge in [-0.3, -0.25) is 0 Å². The lowest BCUT2D eigenvalue weighted by molar-refractivity contribution is 0.435. The minimum absolute atomic E-state index is 0.592. The fourth-order valence-electron chi connectivity index (χ4n) is 2.45. The number of hydrogen-bond donors (Lipinski definition) is 1. The molecule has 2 heterocycles. The second-order valence-electron chi connectivity index (χ2n) is 4.45. The number of benzene rings is 1. The highest BCUT2D eigenvalue weighted by Gasteiger charge is 2.25.